The second-order valence-electron chi connectivity index (χ2n) is 19.9. The van der Waals surface area contributed by atoms with Crippen LogP contribution in [-0.2, 0) is 66.2 Å². The highest BCUT2D eigenvalue weighted by molar-refractivity contribution is 7.91. The largest absolute Gasteiger partial charge is 0.379 e. The number of hydrogen-bond acceptors (Lipinski definition) is 14. The summed E-state index contributed by atoms with van der Waals surface area (Å²) in [6.07, 6.45) is 4.28. The molecule has 0 spiro atoms. The summed E-state index contributed by atoms with van der Waals surface area (Å²) < 4.78 is 88.8. The summed E-state index contributed by atoms with van der Waals surface area (Å²) in [5, 5.41) is 7.89. The molecule has 0 saturated carbocycles. The topological polar surface area (TPSA) is 200 Å². The Balaban J connectivity index is 0.667. The molecule has 17 nitrogen and oxygen atoms in total. The van der Waals surface area contributed by atoms with Crippen LogP contribution in [0.25, 0.3) is 0 Å². The van der Waals surface area contributed by atoms with E-state index < -0.39 is 19.9 Å². The van der Waals surface area contributed by atoms with Crippen LogP contribution < -0.4 is 15.4 Å². The van der Waals surface area contributed by atoms with E-state index in [4.69, 9.17) is 74.8 Å². The highest BCUT2D eigenvalue weighted by atomic mass is 35.5. The number of amides is 2. The molecule has 80 heavy (non-hydrogen) atoms. The second kappa shape index (κ2) is 34.3. The van der Waals surface area contributed by atoms with Crippen LogP contribution in [0, 0.1) is 0 Å². The molecule has 0 fully saturated rings. The van der Waals surface area contributed by atoms with Gasteiger partial charge in [0, 0.05) is 104 Å². The fourth-order valence-electron chi connectivity index (χ4n) is 9.59. The summed E-state index contributed by atoms with van der Waals surface area (Å²) in [7, 11) is -3.28. The summed E-state index contributed by atoms with van der Waals surface area (Å²) in [5.41, 5.74) is 5.80. The number of carbonyl (C=O) groups is 2. The van der Waals surface area contributed by atoms with Crippen molar-refractivity contribution in [2.45, 2.75) is 79.7 Å². The number of sulfonamides is 1. The van der Waals surface area contributed by atoms with Gasteiger partial charge in [0.25, 0.3) is 0 Å². The van der Waals surface area contributed by atoms with E-state index in [0.29, 0.717) is 145 Å². The van der Waals surface area contributed by atoms with E-state index in [1.54, 1.807) is 48.5 Å². The van der Waals surface area contributed by atoms with Crippen LogP contribution in [0.15, 0.2) is 82.6 Å². The van der Waals surface area contributed by atoms with E-state index in [1.807, 2.05) is 38.4 Å². The number of rotatable bonds is 37. The minimum absolute atomic E-state index is 0.0325. The van der Waals surface area contributed by atoms with Gasteiger partial charge in [0.05, 0.1) is 81.6 Å². The van der Waals surface area contributed by atoms with Gasteiger partial charge in [0.2, 0.25) is 10.0 Å². The fraction of sp³-hybridized carbons (Fsp3) is 0.544. The highest BCUT2D eigenvalue weighted by Crippen LogP contribution is 2.40. The summed E-state index contributed by atoms with van der Waals surface area (Å²) in [4.78, 5) is 29.2. The zero-order valence-electron chi connectivity index (χ0n) is 45.8. The lowest BCUT2D eigenvalue weighted by atomic mass is 9.85. The van der Waals surface area contributed by atoms with E-state index in [0.717, 1.165) is 59.2 Å². The Morgan fingerprint density at radius 1 is 0.525 bits per heavy atom. The molecule has 2 amide bonds. The number of Topliss-reactive ketones (excluding diaryl/α,β-unsaturated/α-hetero) is 1. The number of hydrogen-bond donors (Lipinski definition) is 3. The number of likely N-dealkylation sites (N-methyl/N-ethyl adjacent to an activating group) is 2. The maximum absolute atomic E-state index is 13.3. The quantitative estimate of drug-likeness (QED) is 0.0362. The number of nitrogens with one attached hydrogen (secondary N) is 3. The van der Waals surface area contributed by atoms with Gasteiger partial charge in [-0.1, -0.05) is 77.1 Å². The number of halogens is 4. The van der Waals surface area contributed by atoms with Gasteiger partial charge in [-0.15, -0.1) is 0 Å². The Morgan fingerprint density at radius 2 is 0.988 bits per heavy atom. The summed E-state index contributed by atoms with van der Waals surface area (Å²) in [5.74, 6) is 0.0140. The van der Waals surface area contributed by atoms with Crippen molar-refractivity contribution in [3.05, 3.63) is 126 Å². The Labute approximate surface area is 492 Å². The monoisotopic (exact) mass is 1230 g/mol. The standard InChI is InChI=1S/C57H77Cl4N5O12S2/c1-65-38-51(49-34-44(58)36-55(60)53(49)40-65)42-10-6-14-47(32-42)79(69,70)31-9-20-74-24-28-77-27-23-73-19-8-13-46(67)12-4-3-5-16-62-57(68)63-17-21-75-25-29-78-30-26-76-22-18-64-80(71,72)48-15-7-11-43(33-48)52-39-66(2)41-54-50(52)35-45(59)37-56(54)61/h6-7,10-11,14-15,32-37,51-52,64H,3-5,8-9,12-13,16-31,38-41H2,1-2H3,(H2,62,63,68)/t51-,52-/m0/s1. The van der Waals surface area contributed by atoms with Gasteiger partial charge in [-0.25, -0.2) is 26.4 Å². The smallest absolute Gasteiger partial charge is 0.314 e. The van der Waals surface area contributed by atoms with Gasteiger partial charge in [-0.2, -0.15) is 0 Å². The van der Waals surface area contributed by atoms with Gasteiger partial charge in [-0.05, 0) is 122 Å². The van der Waals surface area contributed by atoms with E-state index in [9.17, 15) is 26.4 Å². The summed E-state index contributed by atoms with van der Waals surface area (Å²) >= 11 is 25.7. The molecule has 0 aliphatic carbocycles. The Morgan fingerprint density at radius 3 is 1.55 bits per heavy atom. The van der Waals surface area contributed by atoms with Crippen molar-refractivity contribution in [2.24, 2.45) is 0 Å². The second-order valence-corrected chi connectivity index (χ2v) is 25.5. The molecule has 0 radical (unpaired) electrons. The number of sulfone groups is 1. The molecular formula is C57H77Cl4N5O12S2. The summed E-state index contributed by atoms with van der Waals surface area (Å²) in [6, 6.07) is 21.1. The van der Waals surface area contributed by atoms with Crippen molar-refractivity contribution < 1.29 is 54.8 Å². The Hall–Kier alpha value is -3.48. The average molecular weight is 1230 g/mol. The van der Waals surface area contributed by atoms with Crippen molar-refractivity contribution in [3.8, 4) is 0 Å². The first-order chi connectivity index (χ1) is 38.5. The van der Waals surface area contributed by atoms with Crippen LogP contribution >= 0.6 is 46.4 Å². The van der Waals surface area contributed by atoms with Crippen LogP contribution in [0.3, 0.4) is 0 Å². The first-order valence-electron chi connectivity index (χ1n) is 27.3. The molecular weight excluding hydrogens is 1150 g/mol. The number of nitrogens with zero attached hydrogens (tertiary/aromatic N) is 2. The van der Waals surface area contributed by atoms with Crippen LogP contribution in [0.5, 0.6) is 0 Å². The number of carbonyl (C=O) groups excluding carboxylic acids is 2. The maximum Gasteiger partial charge on any atom is 0.314 e. The number of fused-ring (bicyclic) bond motifs is 2. The van der Waals surface area contributed by atoms with Gasteiger partial charge in [0.1, 0.15) is 5.78 Å². The molecule has 0 bridgehead atoms. The number of unbranched alkanes of at least 4 members (excludes halogenated alkanes) is 2. The molecule has 442 valence electrons. The Kier molecular flexibility index (Phi) is 28.2. The molecule has 23 heteroatoms. The minimum Gasteiger partial charge on any atom is -0.379 e. The number of ether oxygens (including phenoxy) is 6. The fourth-order valence-corrected chi connectivity index (χ4v) is 13.1. The van der Waals surface area contributed by atoms with Crippen LogP contribution in [0.1, 0.15) is 90.2 Å². The van der Waals surface area contributed by atoms with E-state index in [1.165, 1.54) is 0 Å². The molecule has 2 aliphatic heterocycles. The number of urea groups is 1. The van der Waals surface area contributed by atoms with Crippen molar-refractivity contribution in [2.75, 3.05) is 132 Å². The number of ketones is 1. The number of benzene rings is 4. The average Bonchev–Trinajstić information content (AvgIpc) is 3.48. The van der Waals surface area contributed by atoms with Crippen LogP contribution in [-0.4, -0.2) is 170 Å². The molecule has 0 saturated heterocycles. The summed E-state index contributed by atoms with van der Waals surface area (Å²) in [6.45, 7) is 7.77. The Bertz CT molecular complexity index is 2650. The highest BCUT2D eigenvalue weighted by Gasteiger charge is 2.30. The molecule has 2 atom stereocenters. The van der Waals surface area contributed by atoms with E-state index >= 15 is 0 Å². The van der Waals surface area contributed by atoms with Crippen LogP contribution in [0.2, 0.25) is 20.1 Å². The first kappa shape index (κ1) is 65.7. The van der Waals surface area contributed by atoms with Crippen molar-refractivity contribution in [1.29, 1.82) is 0 Å². The third-order valence-electron chi connectivity index (χ3n) is 13.6. The normalized spacial score (nSPS) is 15.9. The zero-order chi connectivity index (χ0) is 57.3. The lowest BCUT2D eigenvalue weighted by Crippen LogP contribution is -2.37. The first-order valence-corrected chi connectivity index (χ1v) is 31.9. The molecule has 4 aromatic rings. The molecule has 2 aliphatic rings. The third-order valence-corrected chi connectivity index (χ3v) is 18.0. The van der Waals surface area contributed by atoms with Gasteiger partial charge >= 0.3 is 6.03 Å². The third kappa shape index (κ3) is 21.9. The minimum atomic E-state index is -3.78. The molecule has 4 aromatic carbocycles. The maximum atomic E-state index is 13.3. The van der Waals surface area contributed by atoms with Crippen molar-refractivity contribution >= 4 is 78.1 Å². The van der Waals surface area contributed by atoms with E-state index in [2.05, 4.69) is 25.2 Å². The SMILES string of the molecule is CN1Cc2c(Cl)cc(Cl)cc2[C@H](c2cccc(S(=O)(=O)CCCOCCOCCOCCCC(=O)CCCCCNC(=O)NCCOCCOCCOCCNS(=O)(=O)c3cccc([C@@H]4CN(C)Cc5c(Cl)cc(Cl)cc54)c3)c2)C1. The lowest BCUT2D eigenvalue weighted by molar-refractivity contribution is -0.119. The molecule has 2 heterocycles. The molecule has 0 unspecified atom stereocenters. The van der Waals surface area contributed by atoms with Crippen molar-refractivity contribution in [1.82, 2.24) is 25.2 Å². The molecule has 6 rings (SSSR count). The van der Waals surface area contributed by atoms with Gasteiger partial charge < -0.3 is 48.9 Å². The van der Waals surface area contributed by atoms with Crippen molar-refractivity contribution in [3.63, 3.8) is 0 Å². The predicted octanol–water partition coefficient (Wildman–Crippen LogP) is 8.91. The molecule has 3 N–H and O–H groups in total. The predicted molar refractivity (Wildman–Crippen MR) is 313 cm³/mol. The lowest BCUT2D eigenvalue weighted by Gasteiger charge is -2.33. The van der Waals surface area contributed by atoms with E-state index in [-0.39, 0.29) is 59.0 Å². The molecule has 0 aromatic heterocycles. The van der Waals surface area contributed by atoms with Gasteiger partial charge in [-0.3, -0.25) is 4.79 Å². The zero-order valence-corrected chi connectivity index (χ0v) is 50.5. The van der Waals surface area contributed by atoms with Gasteiger partial charge in [0.15, 0.2) is 9.84 Å². The van der Waals surface area contributed by atoms with Crippen LogP contribution in [0.4, 0.5) is 4.79 Å².